The molecule has 0 N–H and O–H groups in total. The van der Waals surface area contributed by atoms with Crippen LogP contribution in [0, 0.1) is 12.1 Å². The molecule has 0 aliphatic carbocycles. The number of pyridine rings is 2. The minimum atomic E-state index is 0. The van der Waals surface area contributed by atoms with Crippen molar-refractivity contribution in [3.8, 4) is 28.3 Å². The number of hydrogen-bond donors (Lipinski definition) is 0. The number of para-hydroxylation sites is 1. The zero-order chi connectivity index (χ0) is 25.3. The van der Waals surface area contributed by atoms with E-state index in [1.54, 1.807) is 0 Å². The van der Waals surface area contributed by atoms with Crippen LogP contribution in [0.4, 0.5) is 0 Å². The van der Waals surface area contributed by atoms with Crippen LogP contribution in [-0.2, 0) is 26.7 Å². The van der Waals surface area contributed by atoms with Gasteiger partial charge in [-0.3, -0.25) is 4.98 Å². The largest absolute Gasteiger partial charge is 0.506 e. The number of benzene rings is 5. The van der Waals surface area contributed by atoms with Crippen molar-refractivity contribution in [3.63, 3.8) is 0 Å². The van der Waals surface area contributed by atoms with Gasteiger partial charge >= 0.3 is 0 Å². The summed E-state index contributed by atoms with van der Waals surface area (Å²) in [5.74, 6) is 0.845. The fourth-order valence-electron chi connectivity index (χ4n) is 5.04. The van der Waals surface area contributed by atoms with Crippen LogP contribution in [0.1, 0.15) is 5.56 Å². The van der Waals surface area contributed by atoms with Gasteiger partial charge in [0, 0.05) is 37.4 Å². The van der Waals surface area contributed by atoms with Crippen molar-refractivity contribution in [1.29, 1.82) is 0 Å². The van der Waals surface area contributed by atoms with Crippen LogP contribution in [0.2, 0.25) is 0 Å². The maximum atomic E-state index is 5.98. The standard InChI is InChI=1S/C20H12NO.C15H10N.Ir/c1-3-7-15-13(5-1)9-10-16-17(15)12-22-19-11-14-6-2-4-8-18(14)21-20(16)19;1-2-7-13(8-3-1)15-14-9-5-4-6-12(14)10-11-16-15;/h1-9,11H,12H2;1-7,9-11H;/q2*-1;. The normalized spacial score (nSPS) is 11.5. The Bertz CT molecular complexity index is 1920. The van der Waals surface area contributed by atoms with Gasteiger partial charge in [-0.2, -0.15) is 0 Å². The van der Waals surface area contributed by atoms with Gasteiger partial charge in [0.1, 0.15) is 5.75 Å². The van der Waals surface area contributed by atoms with Gasteiger partial charge in [-0.05, 0) is 34.7 Å². The smallest absolute Gasteiger partial charge is 0.104 e. The van der Waals surface area contributed by atoms with Crippen LogP contribution in [0.25, 0.3) is 55.0 Å². The fraction of sp³-hybridized carbons (Fsp3) is 0.0286. The minimum Gasteiger partial charge on any atom is -0.506 e. The molecule has 2 aromatic heterocycles. The summed E-state index contributed by atoms with van der Waals surface area (Å²) in [5, 5.41) is 5.90. The maximum Gasteiger partial charge on any atom is 0.104 e. The summed E-state index contributed by atoms with van der Waals surface area (Å²) in [7, 11) is 0. The van der Waals surface area contributed by atoms with Crippen molar-refractivity contribution in [1.82, 2.24) is 9.97 Å². The third-order valence-electron chi connectivity index (χ3n) is 6.90. The second kappa shape index (κ2) is 10.8. The molecule has 1 aliphatic rings. The Morgan fingerprint density at radius 3 is 2.26 bits per heavy atom. The van der Waals surface area contributed by atoms with Gasteiger partial charge in [-0.1, -0.05) is 83.1 Å². The number of ether oxygens (including phenoxy) is 1. The van der Waals surface area contributed by atoms with Crippen molar-refractivity contribution >= 4 is 32.4 Å². The number of aromatic nitrogens is 2. The predicted octanol–water partition coefficient (Wildman–Crippen LogP) is 8.45. The Kier molecular flexibility index (Phi) is 6.89. The summed E-state index contributed by atoms with van der Waals surface area (Å²) in [6.07, 6.45) is 1.85. The molecule has 0 amide bonds. The molecule has 0 spiro atoms. The average Bonchev–Trinajstić information content (AvgIpc) is 3.00. The second-order valence-electron chi connectivity index (χ2n) is 9.20. The monoisotopic (exact) mass is 679 g/mol. The second-order valence-corrected chi connectivity index (χ2v) is 9.20. The van der Waals surface area contributed by atoms with Gasteiger partial charge in [0.05, 0.1) is 12.1 Å². The molecule has 8 rings (SSSR count). The SMILES string of the molecule is [Ir].[c-]1cc2ccccc2c2c1-c1nc3ccccc3cc1OC2.[c-]1ccccc1-c1nccc2ccccc12. The molecule has 7 aromatic rings. The molecular formula is C35H22IrN2O-2. The molecule has 0 unspecified atom stereocenters. The third kappa shape index (κ3) is 4.70. The maximum absolute atomic E-state index is 5.98. The van der Waals surface area contributed by atoms with Crippen molar-refractivity contribution < 1.29 is 24.8 Å². The molecule has 5 aromatic carbocycles. The number of nitrogens with zero attached hydrogens (tertiary/aromatic N) is 2. The zero-order valence-corrected chi connectivity index (χ0v) is 23.3. The van der Waals surface area contributed by atoms with E-state index >= 15 is 0 Å². The molecule has 0 bridgehead atoms. The fourth-order valence-corrected chi connectivity index (χ4v) is 5.04. The van der Waals surface area contributed by atoms with Gasteiger partial charge in [0.2, 0.25) is 0 Å². The summed E-state index contributed by atoms with van der Waals surface area (Å²) in [6.45, 7) is 0.570. The van der Waals surface area contributed by atoms with E-state index in [0.29, 0.717) is 6.61 Å². The van der Waals surface area contributed by atoms with Gasteiger partial charge in [0.25, 0.3) is 0 Å². The first-order chi connectivity index (χ1) is 18.8. The van der Waals surface area contributed by atoms with Crippen LogP contribution in [0.15, 0.2) is 121 Å². The van der Waals surface area contributed by atoms with Gasteiger partial charge in [0.15, 0.2) is 0 Å². The van der Waals surface area contributed by atoms with E-state index < -0.39 is 0 Å². The van der Waals surface area contributed by atoms with Crippen molar-refractivity contribution in [2.24, 2.45) is 0 Å². The van der Waals surface area contributed by atoms with Crippen LogP contribution >= 0.6 is 0 Å². The molecular weight excluding hydrogens is 657 g/mol. The summed E-state index contributed by atoms with van der Waals surface area (Å²) in [4.78, 5) is 9.25. The molecule has 3 heterocycles. The molecule has 1 aliphatic heterocycles. The Labute approximate surface area is 240 Å². The molecule has 0 atom stereocenters. The first-order valence-electron chi connectivity index (χ1n) is 12.6. The average molecular weight is 679 g/mol. The van der Waals surface area contributed by atoms with E-state index in [0.717, 1.165) is 39.2 Å². The van der Waals surface area contributed by atoms with Crippen LogP contribution in [-0.4, -0.2) is 9.97 Å². The van der Waals surface area contributed by atoms with Crippen molar-refractivity contribution in [2.45, 2.75) is 6.61 Å². The molecule has 0 fully saturated rings. The van der Waals surface area contributed by atoms with E-state index in [1.165, 1.54) is 27.1 Å². The van der Waals surface area contributed by atoms with Gasteiger partial charge < -0.3 is 9.72 Å². The molecule has 39 heavy (non-hydrogen) atoms. The van der Waals surface area contributed by atoms with E-state index in [9.17, 15) is 0 Å². The Hall–Kier alpha value is -4.37. The molecule has 0 saturated heterocycles. The molecule has 1 radical (unpaired) electrons. The van der Waals surface area contributed by atoms with E-state index in [-0.39, 0.29) is 20.1 Å². The molecule has 3 nitrogen and oxygen atoms in total. The van der Waals surface area contributed by atoms with Crippen LogP contribution in [0.3, 0.4) is 0 Å². The molecule has 0 saturated carbocycles. The van der Waals surface area contributed by atoms with Crippen molar-refractivity contribution in [2.75, 3.05) is 0 Å². The summed E-state index contributed by atoms with van der Waals surface area (Å²) >= 11 is 0. The van der Waals surface area contributed by atoms with Crippen LogP contribution in [0.5, 0.6) is 5.75 Å². The number of rotatable bonds is 1. The molecule has 4 heteroatoms. The quantitative estimate of drug-likeness (QED) is 0.164. The molecule has 189 valence electrons. The predicted molar refractivity (Wildman–Crippen MR) is 154 cm³/mol. The Morgan fingerprint density at radius 1 is 0.667 bits per heavy atom. The Balaban J connectivity index is 0.000000145. The summed E-state index contributed by atoms with van der Waals surface area (Å²) in [5.41, 5.74) is 6.15. The first-order valence-corrected chi connectivity index (χ1v) is 12.6. The topological polar surface area (TPSA) is 35.0 Å². The van der Waals surface area contributed by atoms with Gasteiger partial charge in [-0.15, -0.1) is 53.6 Å². The van der Waals surface area contributed by atoms with E-state index in [4.69, 9.17) is 9.72 Å². The van der Waals surface area contributed by atoms with Crippen LogP contribution < -0.4 is 4.74 Å². The number of hydrogen-bond acceptors (Lipinski definition) is 3. The minimum absolute atomic E-state index is 0. The van der Waals surface area contributed by atoms with E-state index in [2.05, 4.69) is 59.6 Å². The van der Waals surface area contributed by atoms with Gasteiger partial charge in [-0.25, -0.2) is 0 Å². The zero-order valence-electron chi connectivity index (χ0n) is 20.9. The Morgan fingerprint density at radius 2 is 1.41 bits per heavy atom. The van der Waals surface area contributed by atoms with E-state index in [1.807, 2.05) is 79.0 Å². The summed E-state index contributed by atoms with van der Waals surface area (Å²) in [6, 6.07) is 45.5. The number of fused-ring (bicyclic) bond motifs is 7. The first kappa shape index (κ1) is 24.9. The summed E-state index contributed by atoms with van der Waals surface area (Å²) < 4.78 is 5.98. The third-order valence-corrected chi connectivity index (χ3v) is 6.90. The van der Waals surface area contributed by atoms with Crippen molar-refractivity contribution in [3.05, 3.63) is 139 Å².